The summed E-state index contributed by atoms with van der Waals surface area (Å²) in [5, 5.41) is 6.24. The highest BCUT2D eigenvalue weighted by atomic mass is 32.2. The van der Waals surface area contributed by atoms with E-state index in [-0.39, 0.29) is 22.6 Å². The van der Waals surface area contributed by atoms with Gasteiger partial charge in [0.15, 0.2) is 17.8 Å². The lowest BCUT2D eigenvalue weighted by molar-refractivity contribution is 0.0964. The van der Waals surface area contributed by atoms with Crippen LogP contribution in [0, 0.1) is 5.82 Å². The van der Waals surface area contributed by atoms with Crippen LogP contribution in [0.25, 0.3) is 33.4 Å². The van der Waals surface area contributed by atoms with Crippen molar-refractivity contribution in [2.75, 3.05) is 29.6 Å². The molecule has 1 aliphatic heterocycles. The Morgan fingerprint density at radius 2 is 1.86 bits per heavy atom. The molecule has 0 spiro atoms. The standard InChI is InChI=1S/C32H28F2N4O5S/c1-18(17-33)38(44(3,40)41)25-16-27-24(28(31(39)35-2)29(42-27)19-9-11-22(34)12-10-19)15-23(25)20-6-4-7-21(14-20)32-37-30-26(43-32)8-5-13-36-30/h4-16,18,32H,17H2,1-3H3,(H,35,39)(H,36,37). The zero-order chi connectivity index (χ0) is 31.2. The van der Waals surface area contributed by atoms with Crippen LogP contribution in [0.15, 0.2) is 83.4 Å². The van der Waals surface area contributed by atoms with E-state index in [1.807, 2.05) is 12.1 Å². The molecule has 2 aromatic heterocycles. The number of hydrogen-bond acceptors (Lipinski definition) is 7. The van der Waals surface area contributed by atoms with E-state index in [9.17, 15) is 22.0 Å². The highest BCUT2D eigenvalue weighted by Crippen LogP contribution is 2.43. The summed E-state index contributed by atoms with van der Waals surface area (Å²) in [5.74, 6) is 0.439. The van der Waals surface area contributed by atoms with E-state index in [2.05, 4.69) is 15.6 Å². The van der Waals surface area contributed by atoms with Crippen LogP contribution in [0.3, 0.4) is 0 Å². The van der Waals surface area contributed by atoms with Crippen molar-refractivity contribution in [2.45, 2.75) is 19.2 Å². The van der Waals surface area contributed by atoms with E-state index in [4.69, 9.17) is 9.15 Å². The molecule has 12 heteroatoms. The number of amides is 1. The van der Waals surface area contributed by atoms with Crippen molar-refractivity contribution in [1.82, 2.24) is 10.3 Å². The van der Waals surface area contributed by atoms with Gasteiger partial charge in [-0.2, -0.15) is 0 Å². The number of furan rings is 1. The van der Waals surface area contributed by atoms with Crippen molar-refractivity contribution in [3.05, 3.63) is 95.9 Å². The topological polar surface area (TPSA) is 114 Å². The van der Waals surface area contributed by atoms with Crippen LogP contribution >= 0.6 is 0 Å². The van der Waals surface area contributed by atoms with Crippen molar-refractivity contribution in [3.63, 3.8) is 0 Å². The summed E-state index contributed by atoms with van der Waals surface area (Å²) in [6, 6.07) is 18.4. The summed E-state index contributed by atoms with van der Waals surface area (Å²) in [4.78, 5) is 17.5. The molecule has 3 heterocycles. The number of pyridine rings is 1. The van der Waals surface area contributed by atoms with Crippen LogP contribution in [-0.4, -0.2) is 45.3 Å². The molecule has 3 aromatic carbocycles. The number of halogens is 2. The number of carbonyl (C=O) groups is 1. The maximum absolute atomic E-state index is 14.1. The molecule has 0 fully saturated rings. The molecule has 2 N–H and O–H groups in total. The number of alkyl halides is 1. The number of anilines is 2. The van der Waals surface area contributed by atoms with Gasteiger partial charge >= 0.3 is 0 Å². The number of ether oxygens (including phenoxy) is 1. The number of nitrogens with zero attached hydrogens (tertiary/aromatic N) is 2. The monoisotopic (exact) mass is 618 g/mol. The molecular weight excluding hydrogens is 590 g/mol. The van der Waals surface area contributed by atoms with Crippen molar-refractivity contribution in [1.29, 1.82) is 0 Å². The third-order valence-corrected chi connectivity index (χ3v) is 8.64. The summed E-state index contributed by atoms with van der Waals surface area (Å²) in [6.07, 6.45) is 2.09. The van der Waals surface area contributed by atoms with Gasteiger partial charge in [0.25, 0.3) is 5.91 Å². The molecule has 226 valence electrons. The predicted octanol–water partition coefficient (Wildman–Crippen LogP) is 6.29. The third kappa shape index (κ3) is 5.21. The van der Waals surface area contributed by atoms with E-state index < -0.39 is 40.7 Å². The fraction of sp³-hybridized carbons (Fsp3) is 0.188. The maximum atomic E-state index is 14.1. The van der Waals surface area contributed by atoms with E-state index in [0.717, 1.165) is 16.1 Å². The van der Waals surface area contributed by atoms with Crippen LogP contribution in [-0.2, 0) is 10.0 Å². The molecule has 0 aliphatic carbocycles. The first-order valence-corrected chi connectivity index (χ1v) is 15.6. The third-order valence-electron chi connectivity index (χ3n) is 7.37. The number of hydrogen-bond donors (Lipinski definition) is 2. The van der Waals surface area contributed by atoms with Crippen LogP contribution < -0.4 is 19.7 Å². The predicted molar refractivity (Wildman–Crippen MR) is 164 cm³/mol. The Hall–Kier alpha value is -4.97. The van der Waals surface area contributed by atoms with Crippen molar-refractivity contribution in [2.24, 2.45) is 0 Å². The van der Waals surface area contributed by atoms with Crippen LogP contribution in [0.5, 0.6) is 5.75 Å². The Morgan fingerprint density at radius 1 is 1.09 bits per heavy atom. The first kappa shape index (κ1) is 29.1. The fourth-order valence-electron chi connectivity index (χ4n) is 5.40. The second-order valence-corrected chi connectivity index (χ2v) is 12.3. The quantitative estimate of drug-likeness (QED) is 0.210. The molecule has 5 aromatic rings. The molecule has 44 heavy (non-hydrogen) atoms. The summed E-state index contributed by atoms with van der Waals surface area (Å²) < 4.78 is 67.3. The minimum absolute atomic E-state index is 0.162. The minimum atomic E-state index is -3.99. The lowest BCUT2D eigenvalue weighted by atomic mass is 9.96. The fourth-order valence-corrected chi connectivity index (χ4v) is 6.62. The molecule has 2 unspecified atom stereocenters. The lowest BCUT2D eigenvalue weighted by Crippen LogP contribution is -2.39. The zero-order valence-electron chi connectivity index (χ0n) is 24.0. The SMILES string of the molecule is CNC(=O)c1c(-c2ccc(F)cc2)oc2cc(N(C(C)CF)S(C)(=O)=O)c(-c3cccc(C4Nc5ncccc5O4)c3)cc12. The molecule has 6 rings (SSSR count). The van der Waals surface area contributed by atoms with Crippen molar-refractivity contribution >= 4 is 38.4 Å². The van der Waals surface area contributed by atoms with Gasteiger partial charge in [0, 0.05) is 41.4 Å². The number of sulfonamides is 1. The lowest BCUT2D eigenvalue weighted by Gasteiger charge is -2.29. The number of rotatable bonds is 8. The Labute approximate surface area is 252 Å². The number of carbonyl (C=O) groups excluding carboxylic acids is 1. The second-order valence-electron chi connectivity index (χ2n) is 10.4. The Bertz CT molecular complexity index is 1970. The minimum Gasteiger partial charge on any atom is -0.463 e. The summed E-state index contributed by atoms with van der Waals surface area (Å²) >= 11 is 0. The van der Waals surface area contributed by atoms with Crippen LogP contribution in [0.1, 0.15) is 29.1 Å². The molecule has 1 aliphatic rings. The van der Waals surface area contributed by atoms with Gasteiger partial charge in [-0.3, -0.25) is 9.10 Å². The molecule has 1 amide bonds. The van der Waals surface area contributed by atoms with Crippen LogP contribution in [0.4, 0.5) is 20.3 Å². The molecule has 0 saturated carbocycles. The average Bonchev–Trinajstić information content (AvgIpc) is 3.62. The molecule has 9 nitrogen and oxygen atoms in total. The summed E-state index contributed by atoms with van der Waals surface area (Å²) in [5.41, 5.74) is 2.71. The van der Waals surface area contributed by atoms with Crippen LogP contribution in [0.2, 0.25) is 0 Å². The maximum Gasteiger partial charge on any atom is 0.255 e. The van der Waals surface area contributed by atoms with Gasteiger partial charge in [-0.05, 0) is 61.0 Å². The van der Waals surface area contributed by atoms with Crippen molar-refractivity contribution < 1.29 is 31.1 Å². The molecule has 0 bridgehead atoms. The highest BCUT2D eigenvalue weighted by molar-refractivity contribution is 7.92. The van der Waals surface area contributed by atoms with E-state index in [1.165, 1.54) is 44.3 Å². The van der Waals surface area contributed by atoms with E-state index >= 15 is 0 Å². The number of nitrogens with one attached hydrogen (secondary N) is 2. The number of aromatic nitrogens is 1. The van der Waals surface area contributed by atoms with Gasteiger partial charge in [0.1, 0.15) is 23.8 Å². The summed E-state index contributed by atoms with van der Waals surface area (Å²) in [6.45, 7) is 0.520. The molecular formula is C32H28F2N4O5S. The van der Waals surface area contributed by atoms with Gasteiger partial charge in [-0.25, -0.2) is 22.2 Å². The van der Waals surface area contributed by atoms with E-state index in [1.54, 1.807) is 36.5 Å². The largest absolute Gasteiger partial charge is 0.463 e. The summed E-state index contributed by atoms with van der Waals surface area (Å²) in [7, 11) is -2.51. The average molecular weight is 619 g/mol. The van der Waals surface area contributed by atoms with Gasteiger partial charge < -0.3 is 19.8 Å². The molecule has 0 radical (unpaired) electrons. The molecule has 0 saturated heterocycles. The normalized spacial score (nSPS) is 14.9. The van der Waals surface area contributed by atoms with Crippen molar-refractivity contribution in [3.8, 4) is 28.2 Å². The molecule has 2 atom stereocenters. The Kier molecular flexibility index (Phi) is 7.46. The van der Waals surface area contributed by atoms with E-state index in [0.29, 0.717) is 33.6 Å². The number of fused-ring (bicyclic) bond motifs is 2. The van der Waals surface area contributed by atoms with Gasteiger partial charge in [0.05, 0.1) is 23.5 Å². The number of benzene rings is 3. The van der Waals surface area contributed by atoms with Gasteiger partial charge in [-0.15, -0.1) is 0 Å². The van der Waals surface area contributed by atoms with Gasteiger partial charge in [-0.1, -0.05) is 18.2 Å². The smallest absolute Gasteiger partial charge is 0.255 e. The second kappa shape index (κ2) is 11.3. The Balaban J connectivity index is 1.59. The highest BCUT2D eigenvalue weighted by Gasteiger charge is 2.31. The first-order chi connectivity index (χ1) is 21.1. The van der Waals surface area contributed by atoms with Gasteiger partial charge in [0.2, 0.25) is 10.0 Å². The Morgan fingerprint density at radius 3 is 2.55 bits per heavy atom. The first-order valence-electron chi connectivity index (χ1n) is 13.7. The zero-order valence-corrected chi connectivity index (χ0v) is 24.8.